The Bertz CT molecular complexity index is 261. The van der Waals surface area contributed by atoms with Crippen LogP contribution in [0.2, 0.25) is 0 Å². The van der Waals surface area contributed by atoms with Crippen molar-refractivity contribution in [1.82, 2.24) is 10.2 Å². The van der Waals surface area contributed by atoms with Crippen molar-refractivity contribution in [3.63, 3.8) is 0 Å². The number of nitrogens with one attached hydrogen (secondary N) is 1. The molecule has 0 radical (unpaired) electrons. The number of hydrogen-bond acceptors (Lipinski definition) is 3. The molecule has 1 aliphatic heterocycles. The van der Waals surface area contributed by atoms with Crippen LogP contribution in [-0.2, 0) is 4.74 Å². The molecule has 1 aliphatic rings. The molecule has 0 amide bonds. The van der Waals surface area contributed by atoms with E-state index in [0.717, 1.165) is 19.5 Å². The van der Waals surface area contributed by atoms with Crippen LogP contribution < -0.4 is 5.32 Å². The predicted molar refractivity (Wildman–Crippen MR) is 78.0 cm³/mol. The van der Waals surface area contributed by atoms with E-state index in [1.807, 2.05) is 0 Å². The summed E-state index contributed by atoms with van der Waals surface area (Å²) in [4.78, 5) is 2.39. The molecule has 1 unspecified atom stereocenters. The summed E-state index contributed by atoms with van der Waals surface area (Å²) in [6, 6.07) is 1.10. The van der Waals surface area contributed by atoms with Gasteiger partial charge in [-0.3, -0.25) is 0 Å². The first-order valence-corrected chi connectivity index (χ1v) is 7.28. The molecule has 3 heteroatoms. The van der Waals surface area contributed by atoms with E-state index in [1.54, 1.807) is 0 Å². The third-order valence-electron chi connectivity index (χ3n) is 4.03. The first kappa shape index (κ1) is 15.9. The molecule has 1 fully saturated rings. The highest BCUT2D eigenvalue weighted by atomic mass is 16.5. The van der Waals surface area contributed by atoms with E-state index in [2.05, 4.69) is 58.8 Å². The van der Waals surface area contributed by atoms with Crippen molar-refractivity contribution < 1.29 is 4.74 Å². The van der Waals surface area contributed by atoms with Gasteiger partial charge in [-0.25, -0.2) is 0 Å². The Morgan fingerprint density at radius 2 is 1.89 bits per heavy atom. The average molecular weight is 256 g/mol. The van der Waals surface area contributed by atoms with E-state index < -0.39 is 0 Å². The Kier molecular flexibility index (Phi) is 5.22. The summed E-state index contributed by atoms with van der Waals surface area (Å²) >= 11 is 0. The molecular formula is C15H32N2O. The van der Waals surface area contributed by atoms with Crippen molar-refractivity contribution in [1.29, 1.82) is 0 Å². The van der Waals surface area contributed by atoms with Gasteiger partial charge in [0.25, 0.3) is 0 Å². The van der Waals surface area contributed by atoms with Crippen molar-refractivity contribution in [3.8, 4) is 0 Å². The fourth-order valence-corrected chi connectivity index (χ4v) is 2.74. The zero-order valence-corrected chi connectivity index (χ0v) is 13.3. The molecule has 0 spiro atoms. The number of hydrogen-bond donors (Lipinski definition) is 1. The van der Waals surface area contributed by atoms with Gasteiger partial charge in [-0.1, -0.05) is 0 Å². The maximum Gasteiger partial charge on any atom is 0.0787 e. The van der Waals surface area contributed by atoms with Crippen molar-refractivity contribution in [3.05, 3.63) is 0 Å². The van der Waals surface area contributed by atoms with Crippen molar-refractivity contribution in [2.75, 3.05) is 20.1 Å². The first-order valence-electron chi connectivity index (χ1n) is 7.28. The van der Waals surface area contributed by atoms with Crippen LogP contribution in [0.4, 0.5) is 0 Å². The first-order chi connectivity index (χ1) is 8.14. The van der Waals surface area contributed by atoms with Gasteiger partial charge >= 0.3 is 0 Å². The van der Waals surface area contributed by atoms with E-state index in [1.165, 1.54) is 6.42 Å². The molecule has 1 saturated heterocycles. The topological polar surface area (TPSA) is 24.5 Å². The summed E-state index contributed by atoms with van der Waals surface area (Å²) in [5.74, 6) is 0. The van der Waals surface area contributed by atoms with E-state index in [-0.39, 0.29) is 11.2 Å². The molecular weight excluding hydrogens is 224 g/mol. The van der Waals surface area contributed by atoms with E-state index in [0.29, 0.717) is 12.1 Å². The number of rotatable bonds is 6. The molecule has 0 aromatic heterocycles. The minimum Gasteiger partial charge on any atom is -0.368 e. The van der Waals surface area contributed by atoms with Gasteiger partial charge in [-0.15, -0.1) is 0 Å². The van der Waals surface area contributed by atoms with Crippen molar-refractivity contribution in [2.45, 2.75) is 77.7 Å². The van der Waals surface area contributed by atoms with Gasteiger partial charge in [-0.05, 0) is 74.5 Å². The van der Waals surface area contributed by atoms with Crippen LogP contribution in [0.25, 0.3) is 0 Å². The molecule has 1 rings (SSSR count). The summed E-state index contributed by atoms with van der Waals surface area (Å²) in [6.45, 7) is 15.5. The molecule has 1 atom stereocenters. The summed E-state index contributed by atoms with van der Waals surface area (Å²) < 4.78 is 6.09. The quantitative estimate of drug-likeness (QED) is 0.739. The third kappa shape index (κ3) is 4.52. The zero-order chi connectivity index (χ0) is 14.0. The summed E-state index contributed by atoms with van der Waals surface area (Å²) in [5.41, 5.74) is -0.0384. The molecule has 0 saturated carbocycles. The van der Waals surface area contributed by atoms with Crippen LogP contribution in [0.3, 0.4) is 0 Å². The highest BCUT2D eigenvalue weighted by Crippen LogP contribution is 2.37. The highest BCUT2D eigenvalue weighted by molar-refractivity contribution is 4.98. The molecule has 1 N–H and O–H groups in total. The van der Waals surface area contributed by atoms with Gasteiger partial charge in [0.15, 0.2) is 0 Å². The third-order valence-corrected chi connectivity index (χ3v) is 4.03. The van der Waals surface area contributed by atoms with Gasteiger partial charge in [0.05, 0.1) is 11.2 Å². The maximum absolute atomic E-state index is 6.09. The molecule has 3 nitrogen and oxygen atoms in total. The zero-order valence-electron chi connectivity index (χ0n) is 13.3. The van der Waals surface area contributed by atoms with E-state index in [9.17, 15) is 0 Å². The summed E-state index contributed by atoms with van der Waals surface area (Å²) in [5, 5.41) is 3.67. The summed E-state index contributed by atoms with van der Waals surface area (Å²) in [7, 11) is 2.19. The van der Waals surface area contributed by atoms with Crippen LogP contribution in [0.1, 0.15) is 54.4 Å². The molecule has 1 heterocycles. The van der Waals surface area contributed by atoms with Gasteiger partial charge in [0.2, 0.25) is 0 Å². The molecule has 0 aromatic carbocycles. The minimum absolute atomic E-state index is 0.00981. The molecule has 0 bridgehead atoms. The molecule has 108 valence electrons. The molecule has 0 aliphatic carbocycles. The van der Waals surface area contributed by atoms with Crippen LogP contribution in [0.15, 0.2) is 0 Å². The second-order valence-electron chi connectivity index (χ2n) is 7.10. The summed E-state index contributed by atoms with van der Waals surface area (Å²) in [6.07, 6.45) is 2.29. The van der Waals surface area contributed by atoms with Crippen molar-refractivity contribution in [2.24, 2.45) is 0 Å². The largest absolute Gasteiger partial charge is 0.368 e. The molecule has 0 aromatic rings. The Hall–Kier alpha value is -0.120. The average Bonchev–Trinajstić information content (AvgIpc) is 2.40. The lowest BCUT2D eigenvalue weighted by molar-refractivity contribution is -0.0698. The highest BCUT2D eigenvalue weighted by Gasteiger charge is 2.45. The number of ether oxygens (including phenoxy) is 1. The maximum atomic E-state index is 6.09. The van der Waals surface area contributed by atoms with Gasteiger partial charge in [0, 0.05) is 12.1 Å². The normalized spacial score (nSPS) is 26.2. The smallest absolute Gasteiger partial charge is 0.0787 e. The second-order valence-corrected chi connectivity index (χ2v) is 7.10. The molecule has 18 heavy (non-hydrogen) atoms. The Labute approximate surface area is 113 Å². The lowest BCUT2D eigenvalue weighted by atomic mass is 9.94. The van der Waals surface area contributed by atoms with E-state index >= 15 is 0 Å². The lowest BCUT2D eigenvalue weighted by Gasteiger charge is -2.28. The number of nitrogens with zero attached hydrogens (tertiary/aromatic N) is 1. The fourth-order valence-electron chi connectivity index (χ4n) is 2.74. The van der Waals surface area contributed by atoms with Crippen LogP contribution in [0, 0.1) is 0 Å². The van der Waals surface area contributed by atoms with Gasteiger partial charge in [0.1, 0.15) is 0 Å². The van der Waals surface area contributed by atoms with Crippen LogP contribution in [0.5, 0.6) is 0 Å². The Morgan fingerprint density at radius 1 is 1.28 bits per heavy atom. The monoisotopic (exact) mass is 256 g/mol. The van der Waals surface area contributed by atoms with Crippen molar-refractivity contribution >= 4 is 0 Å². The SMILES string of the molecule is CC(C)N(C)CCCNC1CC(C)(C)OC1(C)C. The predicted octanol–water partition coefficient (Wildman–Crippen LogP) is 2.65. The van der Waals surface area contributed by atoms with Crippen LogP contribution >= 0.6 is 0 Å². The minimum atomic E-state index is -0.0482. The lowest BCUT2D eigenvalue weighted by Crippen LogP contribution is -2.44. The van der Waals surface area contributed by atoms with Gasteiger partial charge in [-0.2, -0.15) is 0 Å². The Morgan fingerprint density at radius 3 is 2.33 bits per heavy atom. The standard InChI is InChI=1S/C15H32N2O/c1-12(2)17(7)10-8-9-16-13-11-14(3,4)18-15(13,5)6/h12-13,16H,8-11H2,1-7H3. The Balaban J connectivity index is 2.28. The fraction of sp³-hybridized carbons (Fsp3) is 1.00. The van der Waals surface area contributed by atoms with Gasteiger partial charge < -0.3 is 15.0 Å². The van der Waals surface area contributed by atoms with Crippen LogP contribution in [-0.4, -0.2) is 48.3 Å². The second kappa shape index (κ2) is 5.89. The van der Waals surface area contributed by atoms with E-state index in [4.69, 9.17) is 4.74 Å².